The maximum atomic E-state index is 6.04. The summed E-state index contributed by atoms with van der Waals surface area (Å²) < 4.78 is 1.60. The first-order valence-corrected chi connectivity index (χ1v) is 5.63. The van der Waals surface area contributed by atoms with E-state index >= 15 is 0 Å². The minimum Gasteiger partial charge on any atom is -0.356 e. The predicted molar refractivity (Wildman–Crippen MR) is 67.1 cm³/mol. The molecule has 0 aliphatic carbocycles. The van der Waals surface area contributed by atoms with Gasteiger partial charge in [0.25, 0.3) is 5.78 Å². The minimum atomic E-state index is -0.0698. The number of rotatable bonds is 3. The van der Waals surface area contributed by atoms with Crippen molar-refractivity contribution in [2.24, 2.45) is 0 Å². The van der Waals surface area contributed by atoms with Gasteiger partial charge in [0.1, 0.15) is 17.3 Å². The SMILES string of the molecule is C#CC(CC)Nc1c(C)c(Cl)nc2ncnn12. The summed E-state index contributed by atoms with van der Waals surface area (Å²) in [6.45, 7) is 3.87. The fraction of sp³-hybridized carbons (Fsp3) is 0.364. The Morgan fingerprint density at radius 3 is 3.06 bits per heavy atom. The van der Waals surface area contributed by atoms with Crippen molar-refractivity contribution in [3.05, 3.63) is 17.0 Å². The van der Waals surface area contributed by atoms with Crippen LogP contribution in [0.3, 0.4) is 0 Å². The molecule has 5 nitrogen and oxygen atoms in total. The summed E-state index contributed by atoms with van der Waals surface area (Å²) in [6, 6.07) is -0.0698. The number of aromatic nitrogens is 4. The lowest BCUT2D eigenvalue weighted by atomic mass is 10.2. The Balaban J connectivity index is 2.54. The summed E-state index contributed by atoms with van der Waals surface area (Å²) in [7, 11) is 0. The zero-order chi connectivity index (χ0) is 12.4. The van der Waals surface area contributed by atoms with E-state index in [-0.39, 0.29) is 6.04 Å². The predicted octanol–water partition coefficient (Wildman–Crippen LogP) is 1.91. The molecule has 6 heteroatoms. The Kier molecular flexibility index (Phi) is 3.16. The minimum absolute atomic E-state index is 0.0698. The molecule has 88 valence electrons. The van der Waals surface area contributed by atoms with Gasteiger partial charge in [0.2, 0.25) is 0 Å². The van der Waals surface area contributed by atoms with E-state index in [0.29, 0.717) is 10.9 Å². The van der Waals surface area contributed by atoms with E-state index in [1.807, 2.05) is 13.8 Å². The summed E-state index contributed by atoms with van der Waals surface area (Å²) in [4.78, 5) is 8.12. The number of hydrogen-bond donors (Lipinski definition) is 1. The van der Waals surface area contributed by atoms with Crippen molar-refractivity contribution in [2.45, 2.75) is 26.3 Å². The average Bonchev–Trinajstić information content (AvgIpc) is 2.78. The third kappa shape index (κ3) is 2.04. The maximum Gasteiger partial charge on any atom is 0.255 e. The molecule has 0 saturated heterocycles. The quantitative estimate of drug-likeness (QED) is 0.667. The zero-order valence-electron chi connectivity index (χ0n) is 9.61. The molecule has 2 heterocycles. The number of nitrogens with zero attached hydrogens (tertiary/aromatic N) is 4. The molecule has 0 spiro atoms. The summed E-state index contributed by atoms with van der Waals surface area (Å²) in [6.07, 6.45) is 7.67. The van der Waals surface area contributed by atoms with Crippen LogP contribution in [0.2, 0.25) is 5.15 Å². The molecule has 1 N–H and O–H groups in total. The van der Waals surface area contributed by atoms with Gasteiger partial charge in [-0.25, -0.2) is 0 Å². The Labute approximate surface area is 104 Å². The lowest BCUT2D eigenvalue weighted by Crippen LogP contribution is -2.19. The molecular formula is C11H12ClN5. The van der Waals surface area contributed by atoms with Crippen molar-refractivity contribution in [1.29, 1.82) is 0 Å². The molecule has 17 heavy (non-hydrogen) atoms. The molecular weight excluding hydrogens is 238 g/mol. The maximum absolute atomic E-state index is 6.04. The van der Waals surface area contributed by atoms with Crippen LogP contribution in [-0.2, 0) is 0 Å². The average molecular weight is 250 g/mol. The van der Waals surface area contributed by atoms with Crippen LogP contribution in [0.15, 0.2) is 6.33 Å². The van der Waals surface area contributed by atoms with Crippen LogP contribution in [0.25, 0.3) is 5.78 Å². The van der Waals surface area contributed by atoms with E-state index in [2.05, 4.69) is 26.3 Å². The summed E-state index contributed by atoms with van der Waals surface area (Å²) in [5.74, 6) is 3.86. The number of anilines is 1. The first-order chi connectivity index (χ1) is 8.17. The molecule has 0 aromatic carbocycles. The highest BCUT2D eigenvalue weighted by molar-refractivity contribution is 6.30. The van der Waals surface area contributed by atoms with Gasteiger partial charge < -0.3 is 5.32 Å². The van der Waals surface area contributed by atoms with Crippen molar-refractivity contribution in [2.75, 3.05) is 5.32 Å². The molecule has 0 bridgehead atoms. The van der Waals surface area contributed by atoms with E-state index in [1.165, 1.54) is 6.33 Å². The number of nitrogens with one attached hydrogen (secondary N) is 1. The lowest BCUT2D eigenvalue weighted by molar-refractivity contribution is 0.824. The van der Waals surface area contributed by atoms with Crippen molar-refractivity contribution in [1.82, 2.24) is 19.6 Å². The van der Waals surface area contributed by atoms with Crippen LogP contribution >= 0.6 is 11.6 Å². The molecule has 0 saturated carbocycles. The molecule has 2 aromatic heterocycles. The number of hydrogen-bond acceptors (Lipinski definition) is 4. The van der Waals surface area contributed by atoms with Crippen LogP contribution in [0.5, 0.6) is 0 Å². The normalized spacial score (nSPS) is 12.4. The zero-order valence-corrected chi connectivity index (χ0v) is 10.4. The second kappa shape index (κ2) is 4.60. The van der Waals surface area contributed by atoms with E-state index in [4.69, 9.17) is 18.0 Å². The Bertz CT molecular complexity index is 583. The van der Waals surface area contributed by atoms with Crippen molar-refractivity contribution in [3.63, 3.8) is 0 Å². The highest BCUT2D eigenvalue weighted by Gasteiger charge is 2.14. The van der Waals surface area contributed by atoms with Crippen LogP contribution in [-0.4, -0.2) is 25.6 Å². The van der Waals surface area contributed by atoms with Crippen molar-refractivity contribution >= 4 is 23.2 Å². The number of fused-ring (bicyclic) bond motifs is 1. The number of terminal acetylenes is 1. The Morgan fingerprint density at radius 2 is 2.41 bits per heavy atom. The van der Waals surface area contributed by atoms with Crippen LogP contribution < -0.4 is 5.32 Å². The van der Waals surface area contributed by atoms with Gasteiger partial charge in [-0.3, -0.25) is 0 Å². The summed E-state index contributed by atoms with van der Waals surface area (Å²) in [5.41, 5.74) is 0.804. The highest BCUT2D eigenvalue weighted by atomic mass is 35.5. The standard InChI is InChI=1S/C11H12ClN5/c1-4-8(5-2)15-10-7(3)9(12)16-11-13-6-14-17(10)11/h1,6,8,15H,5H2,2-3H3. The van der Waals surface area contributed by atoms with Gasteiger partial charge in [-0.15, -0.1) is 6.42 Å². The highest BCUT2D eigenvalue weighted by Crippen LogP contribution is 2.22. The summed E-state index contributed by atoms with van der Waals surface area (Å²) >= 11 is 6.04. The largest absolute Gasteiger partial charge is 0.356 e. The molecule has 0 radical (unpaired) electrons. The molecule has 2 aromatic rings. The Hall–Kier alpha value is -1.80. The van der Waals surface area contributed by atoms with Crippen molar-refractivity contribution in [3.8, 4) is 12.3 Å². The Morgan fingerprint density at radius 1 is 1.65 bits per heavy atom. The topological polar surface area (TPSA) is 55.1 Å². The van der Waals surface area contributed by atoms with Gasteiger partial charge in [-0.2, -0.15) is 19.6 Å². The van der Waals surface area contributed by atoms with Gasteiger partial charge in [-0.05, 0) is 13.3 Å². The van der Waals surface area contributed by atoms with Crippen LogP contribution in [0, 0.1) is 19.3 Å². The van der Waals surface area contributed by atoms with Gasteiger partial charge in [0, 0.05) is 5.56 Å². The second-order valence-corrected chi connectivity index (χ2v) is 3.98. The van der Waals surface area contributed by atoms with E-state index < -0.39 is 0 Å². The van der Waals surface area contributed by atoms with E-state index in [0.717, 1.165) is 17.8 Å². The molecule has 1 unspecified atom stereocenters. The first-order valence-electron chi connectivity index (χ1n) is 5.25. The van der Waals surface area contributed by atoms with Gasteiger partial charge >= 0.3 is 0 Å². The fourth-order valence-electron chi connectivity index (χ4n) is 1.49. The van der Waals surface area contributed by atoms with Gasteiger partial charge in [0.05, 0.1) is 6.04 Å². The number of halogens is 1. The lowest BCUT2D eigenvalue weighted by Gasteiger charge is -2.15. The van der Waals surface area contributed by atoms with Gasteiger partial charge in [0.15, 0.2) is 0 Å². The molecule has 0 amide bonds. The molecule has 2 rings (SSSR count). The monoisotopic (exact) mass is 249 g/mol. The second-order valence-electron chi connectivity index (χ2n) is 3.62. The molecule has 0 fully saturated rings. The van der Waals surface area contributed by atoms with E-state index in [9.17, 15) is 0 Å². The van der Waals surface area contributed by atoms with E-state index in [1.54, 1.807) is 4.52 Å². The van der Waals surface area contributed by atoms with Crippen LogP contribution in [0.4, 0.5) is 5.82 Å². The summed E-state index contributed by atoms with van der Waals surface area (Å²) in [5, 5.41) is 7.71. The third-order valence-electron chi connectivity index (χ3n) is 2.52. The smallest absolute Gasteiger partial charge is 0.255 e. The first kappa shape index (κ1) is 11.7. The van der Waals surface area contributed by atoms with Gasteiger partial charge in [-0.1, -0.05) is 24.4 Å². The fourth-order valence-corrected chi connectivity index (χ4v) is 1.66. The molecule has 0 aliphatic heterocycles. The molecule has 1 atom stereocenters. The van der Waals surface area contributed by atoms with Crippen LogP contribution in [0.1, 0.15) is 18.9 Å². The third-order valence-corrected chi connectivity index (χ3v) is 2.89. The molecule has 0 aliphatic rings. The van der Waals surface area contributed by atoms with Crippen molar-refractivity contribution < 1.29 is 0 Å².